The highest BCUT2D eigenvalue weighted by molar-refractivity contribution is 6.92. The molecule has 354 valence electrons. The van der Waals surface area contributed by atoms with Crippen LogP contribution >= 0.6 is 0 Å². The van der Waals surface area contributed by atoms with E-state index in [0.717, 1.165) is 55.5 Å². The molecule has 0 bridgehead atoms. The van der Waals surface area contributed by atoms with Crippen molar-refractivity contribution in [3.63, 3.8) is 0 Å². The van der Waals surface area contributed by atoms with Gasteiger partial charge in [0.05, 0.1) is 16.1 Å². The molecule has 0 N–H and O–H groups in total. The highest BCUT2D eigenvalue weighted by Crippen LogP contribution is 2.43. The highest BCUT2D eigenvalue weighted by atomic mass is 28.3. The van der Waals surface area contributed by atoms with Gasteiger partial charge in [-0.15, -0.1) is 0 Å². The van der Waals surface area contributed by atoms with Crippen LogP contribution in [0.3, 0.4) is 0 Å². The molecule has 71 heavy (non-hydrogen) atoms. The Bertz CT molecular complexity index is 3600. The Hall–Kier alpha value is -6.93. The van der Waals surface area contributed by atoms with E-state index in [1.807, 2.05) is 0 Å². The molecule has 0 spiro atoms. The first-order chi connectivity index (χ1) is 33.7. The summed E-state index contributed by atoms with van der Waals surface area (Å²) in [5.74, 6) is 0. The monoisotopic (exact) mass is 958 g/mol. The molecule has 3 nitrogen and oxygen atoms in total. The number of fused-ring (bicyclic) bond motifs is 7. The van der Waals surface area contributed by atoms with Crippen molar-refractivity contribution in [2.24, 2.45) is 0 Å². The van der Waals surface area contributed by atoms with Crippen molar-refractivity contribution in [2.75, 3.05) is 9.80 Å². The molecular formula is C66H66N2OSi2. The summed E-state index contributed by atoms with van der Waals surface area (Å²) in [6.45, 7) is 28.5. The van der Waals surface area contributed by atoms with E-state index in [1.165, 1.54) is 65.2 Å². The van der Waals surface area contributed by atoms with E-state index in [9.17, 15) is 0 Å². The quantitative estimate of drug-likeness (QED) is 0.142. The molecule has 0 saturated heterocycles. The molecule has 0 fully saturated rings. The van der Waals surface area contributed by atoms with Crippen molar-refractivity contribution in [2.45, 2.75) is 91.7 Å². The highest BCUT2D eigenvalue weighted by Gasteiger charge is 2.30. The minimum Gasteiger partial charge on any atom is -0.456 e. The van der Waals surface area contributed by atoms with Gasteiger partial charge in [-0.2, -0.15) is 0 Å². The first-order valence-electron chi connectivity index (χ1n) is 25.4. The molecule has 0 aliphatic heterocycles. The second kappa shape index (κ2) is 16.9. The number of anilines is 6. The zero-order chi connectivity index (χ0) is 49.8. The lowest BCUT2D eigenvalue weighted by atomic mass is 9.87. The second-order valence-electron chi connectivity index (χ2n) is 24.0. The van der Waals surface area contributed by atoms with Gasteiger partial charge in [0.15, 0.2) is 0 Å². The zero-order valence-corrected chi connectivity index (χ0v) is 45.6. The number of hydrogen-bond donors (Lipinski definition) is 0. The number of hydrogen-bond acceptors (Lipinski definition) is 3. The van der Waals surface area contributed by atoms with Gasteiger partial charge in [-0.25, -0.2) is 0 Å². The summed E-state index contributed by atoms with van der Waals surface area (Å²) in [4.78, 5) is 4.98. The lowest BCUT2D eigenvalue weighted by Crippen LogP contribution is -2.41. The van der Waals surface area contributed by atoms with Crippen LogP contribution in [0.2, 0.25) is 39.3 Å². The Kier molecular flexibility index (Phi) is 11.0. The molecule has 0 amide bonds. The lowest BCUT2D eigenvalue weighted by molar-refractivity contribution is 0.590. The maximum Gasteiger partial charge on any atom is 0.136 e. The van der Waals surface area contributed by atoms with Crippen LogP contribution < -0.4 is 20.2 Å². The topological polar surface area (TPSA) is 19.6 Å². The van der Waals surface area contributed by atoms with Crippen molar-refractivity contribution >= 4 is 126 Å². The smallest absolute Gasteiger partial charge is 0.136 e. The summed E-state index contributed by atoms with van der Waals surface area (Å²) in [6.07, 6.45) is 0. The first kappa shape index (κ1) is 46.5. The predicted molar refractivity (Wildman–Crippen MR) is 316 cm³/mol. The van der Waals surface area contributed by atoms with Gasteiger partial charge in [-0.05, 0) is 160 Å². The van der Waals surface area contributed by atoms with Gasteiger partial charge in [-0.3, -0.25) is 0 Å². The molecule has 11 rings (SSSR count). The summed E-state index contributed by atoms with van der Waals surface area (Å²) >= 11 is 0. The van der Waals surface area contributed by atoms with Gasteiger partial charge in [0, 0.05) is 44.9 Å². The molecule has 5 heteroatoms. The number of nitrogens with zero attached hydrogens (tertiary/aromatic N) is 2. The van der Waals surface area contributed by atoms with Crippen LogP contribution in [0.5, 0.6) is 0 Å². The Balaban J connectivity index is 1.05. The fourth-order valence-electron chi connectivity index (χ4n) is 11.1. The first-order valence-corrected chi connectivity index (χ1v) is 32.4. The van der Waals surface area contributed by atoms with Crippen LogP contribution in [0.4, 0.5) is 34.1 Å². The van der Waals surface area contributed by atoms with Crippen LogP contribution in [0.25, 0.3) is 65.0 Å². The maximum atomic E-state index is 6.91. The van der Waals surface area contributed by atoms with Crippen LogP contribution in [-0.4, -0.2) is 16.1 Å². The molecule has 0 saturated carbocycles. The van der Waals surface area contributed by atoms with Crippen molar-refractivity contribution in [1.29, 1.82) is 0 Å². The molecule has 10 aromatic carbocycles. The van der Waals surface area contributed by atoms with Crippen molar-refractivity contribution in [1.82, 2.24) is 0 Å². The average Bonchev–Trinajstić information content (AvgIpc) is 3.67. The Labute approximate surface area is 422 Å². The third-order valence-corrected chi connectivity index (χ3v) is 18.7. The molecule has 0 aliphatic carbocycles. The fourth-order valence-corrected chi connectivity index (χ4v) is 15.1. The minimum atomic E-state index is -1.87. The molecule has 1 heterocycles. The van der Waals surface area contributed by atoms with Gasteiger partial charge in [0.25, 0.3) is 0 Å². The standard InChI is InChI=1S/C66H66N2OSi2/c1-65(2,3)49-25-31-51(32-26-49)67(59-35-23-43-17-13-15-19-55(43)63(59)70(7,8)9)53-29-21-45-39-57-58-40-46-22-30-54(38-48(46)42-62(58)69-61(57)41-47(45)37-53)68(52-33-27-50(28-34-52)66(4,5)6)60-36-24-44-18-14-16-20-56(44)64(60)71(10,11)12/h13-42H,1-12H3. The van der Waals surface area contributed by atoms with Gasteiger partial charge in [0.1, 0.15) is 11.2 Å². The molecule has 0 atom stereocenters. The van der Waals surface area contributed by atoms with Crippen LogP contribution in [0, 0.1) is 0 Å². The van der Waals surface area contributed by atoms with Crippen molar-refractivity contribution < 1.29 is 4.42 Å². The number of furan rings is 1. The molecule has 11 aromatic rings. The zero-order valence-electron chi connectivity index (χ0n) is 43.6. The van der Waals surface area contributed by atoms with Gasteiger partial charge in [-0.1, -0.05) is 178 Å². The van der Waals surface area contributed by atoms with Gasteiger partial charge >= 0.3 is 0 Å². The minimum absolute atomic E-state index is 0.0550. The summed E-state index contributed by atoms with van der Waals surface area (Å²) in [5.41, 5.74) is 11.6. The maximum absolute atomic E-state index is 6.91. The van der Waals surface area contributed by atoms with Crippen LogP contribution in [-0.2, 0) is 10.8 Å². The summed E-state index contributed by atoms with van der Waals surface area (Å²) in [5, 5.41) is 15.1. The SMILES string of the molecule is CC(C)(C)c1ccc(N(c2ccc3cc4c(cc3c2)oc2cc3cc(N(c5ccc(C(C)(C)C)cc5)c5ccc6ccccc6c5[Si](C)(C)C)ccc3cc24)c2ccc3ccccc3c2[Si](C)(C)C)cc1. The third-order valence-electron chi connectivity index (χ3n) is 14.6. The van der Waals surface area contributed by atoms with E-state index in [4.69, 9.17) is 4.42 Å². The average molecular weight is 959 g/mol. The Morgan fingerprint density at radius 2 is 0.676 bits per heavy atom. The molecular weight excluding hydrogens is 893 g/mol. The third kappa shape index (κ3) is 8.43. The molecule has 0 aliphatic rings. The second-order valence-corrected chi connectivity index (χ2v) is 34.0. The number of rotatable bonds is 8. The normalized spacial score (nSPS) is 12.8. The molecule has 1 aromatic heterocycles. The summed E-state index contributed by atoms with van der Waals surface area (Å²) < 4.78 is 6.91. The molecule has 0 radical (unpaired) electrons. The fraction of sp³-hybridized carbons (Fsp3) is 0.212. The Morgan fingerprint density at radius 1 is 0.324 bits per heavy atom. The lowest BCUT2D eigenvalue weighted by Gasteiger charge is -2.33. The van der Waals surface area contributed by atoms with Crippen LogP contribution in [0.15, 0.2) is 186 Å². The van der Waals surface area contributed by atoms with Crippen molar-refractivity contribution in [3.8, 4) is 0 Å². The largest absolute Gasteiger partial charge is 0.456 e. The van der Waals surface area contributed by atoms with E-state index in [2.05, 4.69) is 273 Å². The van der Waals surface area contributed by atoms with E-state index in [1.54, 1.807) is 0 Å². The van der Waals surface area contributed by atoms with Crippen LogP contribution in [0.1, 0.15) is 52.7 Å². The molecule has 0 unspecified atom stereocenters. The van der Waals surface area contributed by atoms with E-state index >= 15 is 0 Å². The summed E-state index contributed by atoms with van der Waals surface area (Å²) in [6, 6.07) is 68.6. The Morgan fingerprint density at radius 3 is 1.04 bits per heavy atom. The van der Waals surface area contributed by atoms with E-state index in [0.29, 0.717) is 0 Å². The predicted octanol–water partition coefficient (Wildman–Crippen LogP) is 18.8. The van der Waals surface area contributed by atoms with E-state index in [-0.39, 0.29) is 10.8 Å². The van der Waals surface area contributed by atoms with Gasteiger partial charge < -0.3 is 14.2 Å². The van der Waals surface area contributed by atoms with Gasteiger partial charge in [0.2, 0.25) is 0 Å². The van der Waals surface area contributed by atoms with Crippen molar-refractivity contribution in [3.05, 3.63) is 193 Å². The number of benzene rings is 10. The summed E-state index contributed by atoms with van der Waals surface area (Å²) in [7, 11) is -3.75. The van der Waals surface area contributed by atoms with E-state index < -0.39 is 16.1 Å².